The number of anilines is 1. The van der Waals surface area contributed by atoms with E-state index < -0.39 is 10.0 Å². The molecule has 0 spiro atoms. The summed E-state index contributed by atoms with van der Waals surface area (Å²) in [5.74, 6) is 5.36. The zero-order chi connectivity index (χ0) is 13.7. The van der Waals surface area contributed by atoms with Gasteiger partial charge in [-0.25, -0.2) is 24.2 Å². The van der Waals surface area contributed by atoms with Crippen LogP contribution in [0.3, 0.4) is 0 Å². The fourth-order valence-electron chi connectivity index (χ4n) is 2.13. The van der Waals surface area contributed by atoms with Gasteiger partial charge in [0.2, 0.25) is 16.0 Å². The lowest BCUT2D eigenvalue weighted by atomic mass is 10.1. The monoisotopic (exact) mass is 285 g/mol. The predicted molar refractivity (Wildman–Crippen MR) is 71.7 cm³/mol. The molecular formula is C11H19N5O2S. The summed E-state index contributed by atoms with van der Waals surface area (Å²) in [5, 5.41) is 0. The van der Waals surface area contributed by atoms with E-state index in [1.807, 2.05) is 0 Å². The number of nitrogens with one attached hydrogen (secondary N) is 1. The average molecular weight is 285 g/mol. The number of rotatable bonds is 3. The van der Waals surface area contributed by atoms with Gasteiger partial charge in [0.1, 0.15) is 4.90 Å². The molecule has 0 atom stereocenters. The van der Waals surface area contributed by atoms with Crippen molar-refractivity contribution in [3.05, 3.63) is 12.4 Å². The Morgan fingerprint density at radius 3 is 2.11 bits per heavy atom. The molecule has 3 N–H and O–H groups in total. The Balaban J connectivity index is 2.18. The van der Waals surface area contributed by atoms with Gasteiger partial charge in [-0.15, -0.1) is 0 Å². The summed E-state index contributed by atoms with van der Waals surface area (Å²) in [6.07, 6.45) is 7.74. The fourth-order valence-corrected chi connectivity index (χ4v) is 3.54. The van der Waals surface area contributed by atoms with Crippen molar-refractivity contribution in [1.29, 1.82) is 0 Å². The second-order valence-electron chi connectivity index (χ2n) is 4.56. The van der Waals surface area contributed by atoms with E-state index in [2.05, 4.69) is 15.4 Å². The lowest BCUT2D eigenvalue weighted by Gasteiger charge is -2.23. The van der Waals surface area contributed by atoms with E-state index in [0.29, 0.717) is 13.1 Å². The molecule has 0 saturated carbocycles. The molecule has 1 aliphatic rings. The summed E-state index contributed by atoms with van der Waals surface area (Å²) < 4.78 is 26.4. The third-order valence-electron chi connectivity index (χ3n) is 3.21. The molecule has 1 aliphatic heterocycles. The molecule has 7 nitrogen and oxygen atoms in total. The van der Waals surface area contributed by atoms with Crippen LogP contribution in [0, 0.1) is 0 Å². The molecule has 0 amide bonds. The number of nitrogen functional groups attached to an aromatic ring is 1. The van der Waals surface area contributed by atoms with Crippen LogP contribution in [0.25, 0.3) is 0 Å². The fraction of sp³-hybridized carbons (Fsp3) is 0.636. The van der Waals surface area contributed by atoms with Crippen LogP contribution < -0.4 is 11.3 Å². The van der Waals surface area contributed by atoms with Crippen LogP contribution in [0.15, 0.2) is 17.3 Å². The van der Waals surface area contributed by atoms with Crippen molar-refractivity contribution in [2.75, 3.05) is 18.5 Å². The highest BCUT2D eigenvalue weighted by Gasteiger charge is 2.25. The highest BCUT2D eigenvalue weighted by atomic mass is 32.2. The Kier molecular flexibility index (Phi) is 4.67. The molecule has 0 aromatic carbocycles. The third kappa shape index (κ3) is 3.40. The number of nitrogens with two attached hydrogens (primary N) is 1. The second-order valence-corrected chi connectivity index (χ2v) is 6.50. The molecule has 2 rings (SSSR count). The van der Waals surface area contributed by atoms with Crippen LogP contribution in [0.1, 0.15) is 32.1 Å². The van der Waals surface area contributed by atoms with Crippen molar-refractivity contribution in [2.45, 2.75) is 37.0 Å². The third-order valence-corrected chi connectivity index (χ3v) is 5.06. The van der Waals surface area contributed by atoms with Gasteiger partial charge in [0.15, 0.2) is 0 Å². The molecule has 0 bridgehead atoms. The predicted octanol–water partition coefficient (Wildman–Crippen LogP) is 0.717. The van der Waals surface area contributed by atoms with Gasteiger partial charge in [-0.05, 0) is 12.8 Å². The van der Waals surface area contributed by atoms with Crippen molar-refractivity contribution in [3.63, 3.8) is 0 Å². The minimum Gasteiger partial charge on any atom is -0.292 e. The molecular weight excluding hydrogens is 266 g/mol. The van der Waals surface area contributed by atoms with E-state index >= 15 is 0 Å². The van der Waals surface area contributed by atoms with E-state index in [0.717, 1.165) is 25.7 Å². The van der Waals surface area contributed by atoms with Gasteiger partial charge in [0.05, 0.1) is 12.4 Å². The molecule has 2 heterocycles. The number of aromatic nitrogens is 2. The van der Waals surface area contributed by atoms with Gasteiger partial charge >= 0.3 is 0 Å². The van der Waals surface area contributed by atoms with E-state index in [-0.39, 0.29) is 10.8 Å². The number of hydrazine groups is 1. The lowest BCUT2D eigenvalue weighted by Crippen LogP contribution is -2.34. The van der Waals surface area contributed by atoms with Gasteiger partial charge < -0.3 is 0 Å². The topological polar surface area (TPSA) is 101 Å². The van der Waals surface area contributed by atoms with Crippen LogP contribution in [0.2, 0.25) is 0 Å². The zero-order valence-corrected chi connectivity index (χ0v) is 11.6. The van der Waals surface area contributed by atoms with Gasteiger partial charge in [0, 0.05) is 13.1 Å². The lowest BCUT2D eigenvalue weighted by molar-refractivity contribution is 0.364. The maximum absolute atomic E-state index is 12.4. The van der Waals surface area contributed by atoms with Crippen LogP contribution in [0.4, 0.5) is 5.95 Å². The molecule has 1 saturated heterocycles. The minimum atomic E-state index is -3.49. The van der Waals surface area contributed by atoms with E-state index in [4.69, 9.17) is 5.84 Å². The van der Waals surface area contributed by atoms with Gasteiger partial charge in [0.25, 0.3) is 0 Å². The summed E-state index contributed by atoms with van der Waals surface area (Å²) in [7, 11) is -3.49. The van der Waals surface area contributed by atoms with Crippen molar-refractivity contribution in [2.24, 2.45) is 5.84 Å². The quantitative estimate of drug-likeness (QED) is 0.626. The van der Waals surface area contributed by atoms with Crippen LogP contribution in [-0.2, 0) is 10.0 Å². The normalized spacial score (nSPS) is 18.6. The summed E-state index contributed by atoms with van der Waals surface area (Å²) >= 11 is 0. The van der Waals surface area contributed by atoms with Crippen LogP contribution in [0.5, 0.6) is 0 Å². The molecule has 8 heteroatoms. The second kappa shape index (κ2) is 6.27. The molecule has 1 aromatic rings. The van der Waals surface area contributed by atoms with Gasteiger partial charge in [-0.3, -0.25) is 5.43 Å². The molecule has 0 aliphatic carbocycles. The minimum absolute atomic E-state index is 0.118. The van der Waals surface area contributed by atoms with Gasteiger partial charge in [-0.1, -0.05) is 19.3 Å². The largest absolute Gasteiger partial charge is 0.292 e. The Morgan fingerprint density at radius 2 is 1.58 bits per heavy atom. The molecule has 19 heavy (non-hydrogen) atoms. The zero-order valence-electron chi connectivity index (χ0n) is 10.7. The Morgan fingerprint density at radius 1 is 1.05 bits per heavy atom. The Labute approximate surface area is 113 Å². The summed E-state index contributed by atoms with van der Waals surface area (Å²) in [6.45, 7) is 1.14. The Hall–Kier alpha value is -1.25. The average Bonchev–Trinajstić information content (AvgIpc) is 2.38. The van der Waals surface area contributed by atoms with Crippen LogP contribution in [-0.4, -0.2) is 35.8 Å². The number of hydrogen-bond donors (Lipinski definition) is 2. The molecule has 106 valence electrons. The summed E-state index contributed by atoms with van der Waals surface area (Å²) in [5.41, 5.74) is 2.27. The first-order chi connectivity index (χ1) is 9.14. The van der Waals surface area contributed by atoms with E-state index in [1.54, 1.807) is 0 Å². The molecule has 1 aromatic heterocycles. The maximum atomic E-state index is 12.4. The highest BCUT2D eigenvalue weighted by Crippen LogP contribution is 2.19. The SMILES string of the molecule is NNc1ncc(S(=O)(=O)N2CCCCCCC2)cn1. The summed E-state index contributed by atoms with van der Waals surface area (Å²) in [4.78, 5) is 7.81. The smallest absolute Gasteiger partial charge is 0.246 e. The number of nitrogens with zero attached hydrogens (tertiary/aromatic N) is 3. The van der Waals surface area contributed by atoms with E-state index in [1.165, 1.54) is 23.1 Å². The molecule has 0 radical (unpaired) electrons. The van der Waals surface area contributed by atoms with Crippen molar-refractivity contribution < 1.29 is 8.42 Å². The first kappa shape index (κ1) is 14.2. The number of hydrogen-bond acceptors (Lipinski definition) is 6. The number of sulfonamides is 1. The van der Waals surface area contributed by atoms with Crippen molar-refractivity contribution >= 4 is 16.0 Å². The first-order valence-corrected chi connectivity index (χ1v) is 7.87. The summed E-state index contributed by atoms with van der Waals surface area (Å²) in [6, 6.07) is 0. The molecule has 0 unspecified atom stereocenters. The van der Waals surface area contributed by atoms with E-state index in [9.17, 15) is 8.42 Å². The Bertz CT molecular complexity index is 494. The van der Waals surface area contributed by atoms with Crippen LogP contribution >= 0.6 is 0 Å². The highest BCUT2D eigenvalue weighted by molar-refractivity contribution is 7.89. The molecule has 1 fully saturated rings. The first-order valence-electron chi connectivity index (χ1n) is 6.43. The van der Waals surface area contributed by atoms with Crippen molar-refractivity contribution in [1.82, 2.24) is 14.3 Å². The van der Waals surface area contributed by atoms with Gasteiger partial charge in [-0.2, -0.15) is 4.31 Å². The standard InChI is InChI=1S/C11H19N5O2S/c12-15-11-13-8-10(9-14-11)19(17,18)16-6-4-2-1-3-5-7-16/h8-9H,1-7,12H2,(H,13,14,15). The van der Waals surface area contributed by atoms with Crippen molar-refractivity contribution in [3.8, 4) is 0 Å². The maximum Gasteiger partial charge on any atom is 0.246 e.